The van der Waals surface area contributed by atoms with Gasteiger partial charge < -0.3 is 10.2 Å². The van der Waals surface area contributed by atoms with Crippen LogP contribution in [0.3, 0.4) is 0 Å². The van der Waals surface area contributed by atoms with Crippen LogP contribution >= 0.6 is 0 Å². The number of rotatable bonds is 8. The van der Waals surface area contributed by atoms with Crippen molar-refractivity contribution in [2.75, 3.05) is 13.1 Å². The van der Waals surface area contributed by atoms with Gasteiger partial charge in [-0.3, -0.25) is 9.59 Å². The maximum Gasteiger partial charge on any atom is 0.304 e. The Kier molecular flexibility index (Phi) is 5.86. The van der Waals surface area contributed by atoms with Crippen molar-refractivity contribution in [3.63, 3.8) is 0 Å². The molecule has 0 saturated carbocycles. The van der Waals surface area contributed by atoms with Gasteiger partial charge in [0.15, 0.2) is 0 Å². The van der Waals surface area contributed by atoms with E-state index in [2.05, 4.69) is 0 Å². The van der Waals surface area contributed by atoms with Crippen LogP contribution in [0.4, 0.5) is 0 Å². The van der Waals surface area contributed by atoms with Crippen molar-refractivity contribution in [3.05, 3.63) is 29.8 Å². The highest BCUT2D eigenvalue weighted by molar-refractivity contribution is 7.89. The monoisotopic (exact) mass is 315 g/mol. The van der Waals surface area contributed by atoms with Gasteiger partial charge in [0.25, 0.3) is 0 Å². The summed E-state index contributed by atoms with van der Waals surface area (Å²) in [5.41, 5.74) is 0.886. The SMILES string of the molecule is Cc1ccc(S(=O)(=O)N(CCC(=O)O)CCC(=O)O)cc1. The molecule has 7 nitrogen and oxygen atoms in total. The van der Waals surface area contributed by atoms with Gasteiger partial charge in [-0.15, -0.1) is 0 Å². The minimum Gasteiger partial charge on any atom is -0.481 e. The minimum absolute atomic E-state index is 0.0175. The largest absolute Gasteiger partial charge is 0.481 e. The standard InChI is InChI=1S/C13H17NO6S/c1-10-2-4-11(5-3-10)21(19,20)14(8-6-12(15)16)9-7-13(17)18/h2-5H,6-9H2,1H3,(H,15,16)(H,17,18). The first kappa shape index (κ1) is 17.1. The Labute approximate surface area is 122 Å². The molecule has 1 aromatic carbocycles. The molecule has 0 unspecified atom stereocenters. The van der Waals surface area contributed by atoms with Crippen LogP contribution in [0, 0.1) is 6.92 Å². The van der Waals surface area contributed by atoms with E-state index in [0.717, 1.165) is 9.87 Å². The zero-order chi connectivity index (χ0) is 16.0. The molecule has 0 aromatic heterocycles. The molecular weight excluding hydrogens is 298 g/mol. The van der Waals surface area contributed by atoms with Gasteiger partial charge in [0.2, 0.25) is 10.0 Å². The average Bonchev–Trinajstić information content (AvgIpc) is 2.38. The highest BCUT2D eigenvalue weighted by atomic mass is 32.2. The normalized spacial score (nSPS) is 11.5. The summed E-state index contributed by atoms with van der Waals surface area (Å²) in [4.78, 5) is 21.2. The van der Waals surface area contributed by atoms with Crippen LogP contribution in [0.1, 0.15) is 18.4 Å². The molecule has 0 atom stereocenters. The van der Waals surface area contributed by atoms with E-state index in [4.69, 9.17) is 10.2 Å². The third-order valence-corrected chi connectivity index (χ3v) is 4.72. The Morgan fingerprint density at radius 1 is 1.00 bits per heavy atom. The molecule has 0 heterocycles. The lowest BCUT2D eigenvalue weighted by molar-refractivity contribution is -0.137. The molecule has 0 radical (unpaired) electrons. The van der Waals surface area contributed by atoms with E-state index in [-0.39, 0.29) is 30.8 Å². The van der Waals surface area contributed by atoms with E-state index in [9.17, 15) is 18.0 Å². The maximum atomic E-state index is 12.4. The van der Waals surface area contributed by atoms with Crippen LogP contribution in [-0.2, 0) is 19.6 Å². The van der Waals surface area contributed by atoms with Crippen LogP contribution in [0.15, 0.2) is 29.2 Å². The maximum absolute atomic E-state index is 12.4. The van der Waals surface area contributed by atoms with Crippen molar-refractivity contribution in [3.8, 4) is 0 Å². The summed E-state index contributed by atoms with van der Waals surface area (Å²) in [7, 11) is -3.90. The fourth-order valence-corrected chi connectivity index (χ4v) is 3.09. The Bertz CT molecular complexity index is 590. The summed E-state index contributed by atoms with van der Waals surface area (Å²) >= 11 is 0. The van der Waals surface area contributed by atoms with Gasteiger partial charge >= 0.3 is 11.9 Å². The van der Waals surface area contributed by atoms with Crippen molar-refractivity contribution in [2.24, 2.45) is 0 Å². The van der Waals surface area contributed by atoms with Gasteiger partial charge in [-0.1, -0.05) is 17.7 Å². The molecule has 0 fully saturated rings. The van der Waals surface area contributed by atoms with E-state index in [1.807, 2.05) is 6.92 Å². The summed E-state index contributed by atoms with van der Waals surface area (Å²) in [5, 5.41) is 17.3. The van der Waals surface area contributed by atoms with Crippen molar-refractivity contribution < 1.29 is 28.2 Å². The fraction of sp³-hybridized carbons (Fsp3) is 0.385. The van der Waals surface area contributed by atoms with Crippen molar-refractivity contribution >= 4 is 22.0 Å². The highest BCUT2D eigenvalue weighted by Gasteiger charge is 2.25. The molecule has 21 heavy (non-hydrogen) atoms. The summed E-state index contributed by atoms with van der Waals surface area (Å²) in [6.07, 6.45) is -0.768. The molecule has 0 amide bonds. The lowest BCUT2D eigenvalue weighted by Gasteiger charge is -2.20. The van der Waals surface area contributed by atoms with Crippen LogP contribution in [0.25, 0.3) is 0 Å². The molecule has 116 valence electrons. The molecule has 0 aliphatic carbocycles. The van der Waals surface area contributed by atoms with E-state index >= 15 is 0 Å². The van der Waals surface area contributed by atoms with Gasteiger partial charge in [0, 0.05) is 13.1 Å². The number of benzene rings is 1. The van der Waals surface area contributed by atoms with Crippen LogP contribution in [0.5, 0.6) is 0 Å². The van der Waals surface area contributed by atoms with Crippen molar-refractivity contribution in [1.29, 1.82) is 0 Å². The van der Waals surface area contributed by atoms with Gasteiger partial charge in [-0.2, -0.15) is 4.31 Å². The molecule has 0 aliphatic heterocycles. The van der Waals surface area contributed by atoms with Crippen LogP contribution in [-0.4, -0.2) is 48.0 Å². The van der Waals surface area contributed by atoms with Gasteiger partial charge in [0.1, 0.15) is 0 Å². The van der Waals surface area contributed by atoms with Gasteiger partial charge in [0.05, 0.1) is 17.7 Å². The average molecular weight is 315 g/mol. The predicted octanol–water partition coefficient (Wildman–Crippen LogP) is 0.935. The number of sulfonamides is 1. The second-order valence-electron chi connectivity index (χ2n) is 4.50. The van der Waals surface area contributed by atoms with Crippen LogP contribution < -0.4 is 0 Å². The summed E-state index contributed by atoms with van der Waals surface area (Å²) < 4.78 is 25.7. The molecule has 8 heteroatoms. The highest BCUT2D eigenvalue weighted by Crippen LogP contribution is 2.17. The number of hydrogen-bond donors (Lipinski definition) is 2. The number of nitrogens with zero attached hydrogens (tertiary/aromatic N) is 1. The van der Waals surface area contributed by atoms with Gasteiger partial charge in [-0.05, 0) is 19.1 Å². The molecule has 0 aliphatic rings. The Balaban J connectivity index is 3.00. The third kappa shape index (κ3) is 5.16. The molecular formula is C13H17NO6S. The number of aryl methyl sites for hydroxylation is 1. The summed E-state index contributed by atoms with van der Waals surface area (Å²) in [5.74, 6) is -2.29. The summed E-state index contributed by atoms with van der Waals surface area (Å²) in [6, 6.07) is 6.08. The first-order valence-corrected chi connectivity index (χ1v) is 7.68. The third-order valence-electron chi connectivity index (χ3n) is 2.81. The van der Waals surface area contributed by atoms with E-state index < -0.39 is 22.0 Å². The molecule has 2 N–H and O–H groups in total. The molecule has 1 rings (SSSR count). The second kappa shape index (κ2) is 7.19. The van der Waals surface area contributed by atoms with E-state index in [0.29, 0.717) is 0 Å². The Morgan fingerprint density at radius 3 is 1.81 bits per heavy atom. The number of carboxylic acid groups (broad SMARTS) is 2. The Morgan fingerprint density at radius 2 is 1.43 bits per heavy atom. The lowest BCUT2D eigenvalue weighted by atomic mass is 10.2. The smallest absolute Gasteiger partial charge is 0.304 e. The first-order chi connectivity index (χ1) is 9.73. The molecule has 0 bridgehead atoms. The topological polar surface area (TPSA) is 112 Å². The van der Waals surface area contributed by atoms with E-state index in [1.54, 1.807) is 12.1 Å². The van der Waals surface area contributed by atoms with Crippen molar-refractivity contribution in [2.45, 2.75) is 24.7 Å². The molecule has 1 aromatic rings. The first-order valence-electron chi connectivity index (χ1n) is 6.24. The fourth-order valence-electron chi connectivity index (χ4n) is 1.65. The zero-order valence-corrected chi connectivity index (χ0v) is 12.3. The van der Waals surface area contributed by atoms with Gasteiger partial charge in [-0.25, -0.2) is 8.42 Å². The second-order valence-corrected chi connectivity index (χ2v) is 6.44. The zero-order valence-electron chi connectivity index (χ0n) is 11.5. The predicted molar refractivity (Wildman–Crippen MR) is 74.4 cm³/mol. The molecule has 0 spiro atoms. The lowest BCUT2D eigenvalue weighted by Crippen LogP contribution is -2.34. The van der Waals surface area contributed by atoms with Crippen LogP contribution in [0.2, 0.25) is 0 Å². The van der Waals surface area contributed by atoms with Crippen molar-refractivity contribution in [1.82, 2.24) is 4.31 Å². The minimum atomic E-state index is -3.90. The molecule has 0 saturated heterocycles. The van der Waals surface area contributed by atoms with E-state index in [1.165, 1.54) is 12.1 Å². The number of hydrogen-bond acceptors (Lipinski definition) is 4. The quantitative estimate of drug-likeness (QED) is 0.738. The number of aliphatic carboxylic acids is 2. The number of carbonyl (C=O) groups is 2. The summed E-state index contributed by atoms with van der Waals surface area (Å²) in [6.45, 7) is 1.28. The Hall–Kier alpha value is -1.93. The number of carboxylic acids is 2.